The molecule has 0 fully saturated rings. The van der Waals surface area contributed by atoms with Crippen LogP contribution in [0.15, 0.2) is 48.5 Å². The second kappa shape index (κ2) is 8.57. The van der Waals surface area contributed by atoms with E-state index in [4.69, 9.17) is 9.47 Å². The van der Waals surface area contributed by atoms with Crippen molar-refractivity contribution in [3.05, 3.63) is 59.7 Å². The van der Waals surface area contributed by atoms with E-state index < -0.39 is 23.9 Å². The Morgan fingerprint density at radius 1 is 1.08 bits per heavy atom. The number of alkyl halides is 3. The molecule has 0 radical (unpaired) electrons. The van der Waals surface area contributed by atoms with Crippen molar-refractivity contribution in [2.45, 2.75) is 12.3 Å². The van der Waals surface area contributed by atoms with Crippen molar-refractivity contribution in [1.82, 2.24) is 5.32 Å². The molecule has 0 aliphatic heterocycles. The molecule has 5 nitrogen and oxygen atoms in total. The Labute approximate surface area is 149 Å². The van der Waals surface area contributed by atoms with Crippen LogP contribution < -0.4 is 15.4 Å². The number of amides is 2. The summed E-state index contributed by atoms with van der Waals surface area (Å²) in [5, 5.41) is 5.10. The van der Waals surface area contributed by atoms with E-state index in [1.165, 1.54) is 26.4 Å². The molecule has 0 spiro atoms. The molecule has 0 heterocycles. The third kappa shape index (κ3) is 5.13. The second-order valence-electron chi connectivity index (χ2n) is 5.38. The summed E-state index contributed by atoms with van der Waals surface area (Å²) in [4.78, 5) is 12.0. The summed E-state index contributed by atoms with van der Waals surface area (Å²) in [5.41, 5.74) is 0.244. The summed E-state index contributed by atoms with van der Waals surface area (Å²) >= 11 is 0. The normalized spacial score (nSPS) is 12.3. The van der Waals surface area contributed by atoms with Gasteiger partial charge in [0.05, 0.1) is 12.7 Å². The van der Waals surface area contributed by atoms with Crippen LogP contribution in [-0.2, 0) is 10.9 Å². The number of carbonyl (C=O) groups excluding carboxylic acids is 1. The first kappa shape index (κ1) is 19.6. The number of methoxy groups -OCH3 is 2. The predicted molar refractivity (Wildman–Crippen MR) is 91.2 cm³/mol. The Balaban J connectivity index is 1.95. The van der Waals surface area contributed by atoms with E-state index in [1.54, 1.807) is 6.07 Å². The minimum atomic E-state index is -4.42. The van der Waals surface area contributed by atoms with Crippen LogP contribution in [0.4, 0.5) is 23.7 Å². The van der Waals surface area contributed by atoms with E-state index in [1.807, 2.05) is 18.2 Å². The number of carbonyl (C=O) groups is 1. The summed E-state index contributed by atoms with van der Waals surface area (Å²) in [5.74, 6) is 0.629. The third-order valence-electron chi connectivity index (χ3n) is 3.69. The van der Waals surface area contributed by atoms with Gasteiger partial charge >= 0.3 is 12.2 Å². The Bertz CT molecular complexity index is 733. The number of anilines is 1. The zero-order valence-electron chi connectivity index (χ0n) is 14.3. The van der Waals surface area contributed by atoms with Crippen LogP contribution in [0.2, 0.25) is 0 Å². The highest BCUT2D eigenvalue weighted by Crippen LogP contribution is 2.30. The summed E-state index contributed by atoms with van der Waals surface area (Å²) < 4.78 is 48.2. The standard InChI is InChI=1S/C18H19F3N2O3/c1-25-15-6-4-3-5-14(15)16(26-2)11-22-17(24)23-13-9-7-12(8-10-13)18(19,20)21/h3-10,16H,11H2,1-2H3,(H2,22,23,24)/t16-/m1/s1. The van der Waals surface area contributed by atoms with Gasteiger partial charge in [0.15, 0.2) is 0 Å². The highest BCUT2D eigenvalue weighted by Gasteiger charge is 2.30. The molecular formula is C18H19F3N2O3. The van der Waals surface area contributed by atoms with Crippen LogP contribution in [0.3, 0.4) is 0 Å². The molecule has 0 bridgehead atoms. The zero-order valence-corrected chi connectivity index (χ0v) is 14.3. The average molecular weight is 368 g/mol. The van der Waals surface area contributed by atoms with Crippen LogP contribution in [0.5, 0.6) is 5.75 Å². The quantitative estimate of drug-likeness (QED) is 0.803. The summed E-state index contributed by atoms with van der Waals surface area (Å²) in [7, 11) is 3.04. The number of halogens is 3. The lowest BCUT2D eigenvalue weighted by atomic mass is 10.1. The fourth-order valence-corrected chi connectivity index (χ4v) is 2.36. The second-order valence-corrected chi connectivity index (χ2v) is 5.38. The molecule has 2 aromatic carbocycles. The van der Waals surface area contributed by atoms with Crippen LogP contribution in [0.1, 0.15) is 17.2 Å². The molecule has 0 aromatic heterocycles. The lowest BCUT2D eigenvalue weighted by Gasteiger charge is -2.19. The molecule has 0 aliphatic rings. The maximum atomic E-state index is 12.5. The Hall–Kier alpha value is -2.74. The molecule has 1 atom stereocenters. The Morgan fingerprint density at radius 2 is 1.73 bits per heavy atom. The zero-order chi connectivity index (χ0) is 19.2. The Morgan fingerprint density at radius 3 is 2.31 bits per heavy atom. The number of hydrogen-bond acceptors (Lipinski definition) is 3. The lowest BCUT2D eigenvalue weighted by molar-refractivity contribution is -0.137. The van der Waals surface area contributed by atoms with Gasteiger partial charge < -0.3 is 20.1 Å². The molecule has 26 heavy (non-hydrogen) atoms. The molecule has 0 aliphatic carbocycles. The van der Waals surface area contributed by atoms with Gasteiger partial charge in [0.1, 0.15) is 11.9 Å². The van der Waals surface area contributed by atoms with Crippen molar-refractivity contribution in [3.8, 4) is 5.75 Å². The number of para-hydroxylation sites is 1. The highest BCUT2D eigenvalue weighted by atomic mass is 19.4. The first-order valence-electron chi connectivity index (χ1n) is 7.73. The summed E-state index contributed by atoms with van der Waals surface area (Å²) in [6.07, 6.45) is -4.86. The van der Waals surface area contributed by atoms with Crippen LogP contribution in [0, 0.1) is 0 Å². The van der Waals surface area contributed by atoms with Crippen molar-refractivity contribution >= 4 is 11.7 Å². The van der Waals surface area contributed by atoms with Gasteiger partial charge in [0.2, 0.25) is 0 Å². The minimum Gasteiger partial charge on any atom is -0.496 e. The van der Waals surface area contributed by atoms with Gasteiger partial charge in [-0.3, -0.25) is 0 Å². The van der Waals surface area contributed by atoms with Gasteiger partial charge in [-0.05, 0) is 30.3 Å². The predicted octanol–water partition coefficient (Wildman–Crippen LogP) is 4.22. The van der Waals surface area contributed by atoms with Crippen LogP contribution in [0.25, 0.3) is 0 Å². The maximum Gasteiger partial charge on any atom is 0.416 e. The molecule has 2 N–H and O–H groups in total. The molecule has 2 aromatic rings. The fraction of sp³-hybridized carbons (Fsp3) is 0.278. The monoisotopic (exact) mass is 368 g/mol. The van der Waals surface area contributed by atoms with Gasteiger partial charge in [-0.25, -0.2) is 4.79 Å². The van der Waals surface area contributed by atoms with E-state index in [9.17, 15) is 18.0 Å². The van der Waals surface area contributed by atoms with Crippen molar-refractivity contribution < 1.29 is 27.4 Å². The van der Waals surface area contributed by atoms with Crippen molar-refractivity contribution in [1.29, 1.82) is 0 Å². The molecule has 2 rings (SSSR count). The van der Waals surface area contributed by atoms with E-state index >= 15 is 0 Å². The van der Waals surface area contributed by atoms with E-state index in [2.05, 4.69) is 10.6 Å². The molecule has 0 unspecified atom stereocenters. The first-order chi connectivity index (χ1) is 12.3. The number of nitrogens with one attached hydrogen (secondary N) is 2. The van der Waals surface area contributed by atoms with Crippen LogP contribution >= 0.6 is 0 Å². The Kier molecular flexibility index (Phi) is 6.46. The van der Waals surface area contributed by atoms with Crippen molar-refractivity contribution in [2.75, 3.05) is 26.1 Å². The van der Waals surface area contributed by atoms with E-state index in [0.29, 0.717) is 5.75 Å². The topological polar surface area (TPSA) is 59.6 Å². The lowest BCUT2D eigenvalue weighted by Crippen LogP contribution is -2.33. The van der Waals surface area contributed by atoms with E-state index in [-0.39, 0.29) is 12.2 Å². The van der Waals surface area contributed by atoms with Gasteiger partial charge in [-0.1, -0.05) is 18.2 Å². The number of urea groups is 1. The van der Waals surface area contributed by atoms with Crippen molar-refractivity contribution in [3.63, 3.8) is 0 Å². The number of hydrogen-bond donors (Lipinski definition) is 2. The summed E-state index contributed by atoms with van der Waals surface area (Å²) in [6, 6.07) is 10.9. The van der Waals surface area contributed by atoms with E-state index in [0.717, 1.165) is 17.7 Å². The molecule has 140 valence electrons. The van der Waals surface area contributed by atoms with Gasteiger partial charge in [-0.2, -0.15) is 13.2 Å². The maximum absolute atomic E-state index is 12.5. The summed E-state index contributed by atoms with van der Waals surface area (Å²) in [6.45, 7) is 0.156. The smallest absolute Gasteiger partial charge is 0.416 e. The number of rotatable bonds is 6. The molecule has 8 heteroatoms. The average Bonchev–Trinajstić information content (AvgIpc) is 2.62. The van der Waals surface area contributed by atoms with Crippen molar-refractivity contribution in [2.24, 2.45) is 0 Å². The largest absolute Gasteiger partial charge is 0.496 e. The minimum absolute atomic E-state index is 0.156. The highest BCUT2D eigenvalue weighted by molar-refractivity contribution is 5.89. The molecule has 0 saturated carbocycles. The van der Waals surface area contributed by atoms with Gasteiger partial charge in [0, 0.05) is 24.9 Å². The van der Waals surface area contributed by atoms with Crippen LogP contribution in [-0.4, -0.2) is 26.8 Å². The molecule has 0 saturated heterocycles. The third-order valence-corrected chi connectivity index (χ3v) is 3.69. The number of ether oxygens (including phenoxy) is 2. The molecule has 2 amide bonds. The van der Waals surface area contributed by atoms with Gasteiger partial charge in [0.25, 0.3) is 0 Å². The molecular weight excluding hydrogens is 349 g/mol. The first-order valence-corrected chi connectivity index (χ1v) is 7.73. The fourth-order valence-electron chi connectivity index (χ4n) is 2.36. The SMILES string of the molecule is COc1ccccc1[C@@H](CNC(=O)Nc1ccc(C(F)(F)F)cc1)OC. The number of benzene rings is 2. The van der Waals surface area contributed by atoms with Gasteiger partial charge in [-0.15, -0.1) is 0 Å².